The Morgan fingerprint density at radius 1 is 1.07 bits per heavy atom. The molecule has 29 heavy (non-hydrogen) atoms. The maximum absolute atomic E-state index is 13.4. The lowest BCUT2D eigenvalue weighted by molar-refractivity contribution is -0.152. The van der Waals surface area contributed by atoms with E-state index in [2.05, 4.69) is 21.6 Å². The first-order valence-electron chi connectivity index (χ1n) is 10.9. The molecule has 0 N–H and O–H groups in total. The van der Waals surface area contributed by atoms with E-state index < -0.39 is 0 Å². The van der Waals surface area contributed by atoms with Gasteiger partial charge < -0.3 is 9.64 Å². The van der Waals surface area contributed by atoms with Crippen LogP contribution >= 0.6 is 23.2 Å². The summed E-state index contributed by atoms with van der Waals surface area (Å²) in [5.41, 5.74) is 0.918. The van der Waals surface area contributed by atoms with Gasteiger partial charge in [-0.3, -0.25) is 14.6 Å². The van der Waals surface area contributed by atoms with Gasteiger partial charge in [-0.1, -0.05) is 36.2 Å². The maximum Gasteiger partial charge on any atom is 0.227 e. The standard InChI is InChI=1S/C22H31Cl2N3O2/c1-2-7-25-10-11-27(21(28)13-16-5-6-17(23)18(24)12-16)22-19(25)14-29-15-20(22)26-8-3-4-9-26/h5-6,12,19-20,22H,2-4,7-11,13-15H2,1H3/t19?,20?,22-/m0/s1. The van der Waals surface area contributed by atoms with Gasteiger partial charge in [-0.25, -0.2) is 0 Å². The quantitative estimate of drug-likeness (QED) is 0.704. The number of nitrogens with zero attached hydrogens (tertiary/aromatic N) is 3. The first-order chi connectivity index (χ1) is 14.1. The van der Waals surface area contributed by atoms with Gasteiger partial charge in [0.25, 0.3) is 0 Å². The number of halogens is 2. The first kappa shape index (κ1) is 21.4. The number of hydrogen-bond acceptors (Lipinski definition) is 4. The van der Waals surface area contributed by atoms with Gasteiger partial charge in [0.15, 0.2) is 0 Å². The molecule has 0 aliphatic carbocycles. The fourth-order valence-electron chi connectivity index (χ4n) is 5.23. The minimum absolute atomic E-state index is 0.181. The van der Waals surface area contributed by atoms with Crippen LogP contribution in [-0.2, 0) is 16.0 Å². The highest BCUT2D eigenvalue weighted by molar-refractivity contribution is 6.42. The molecule has 0 radical (unpaired) electrons. The zero-order chi connectivity index (χ0) is 20.4. The number of fused-ring (bicyclic) bond motifs is 1. The van der Waals surface area contributed by atoms with Crippen LogP contribution in [0.2, 0.25) is 10.0 Å². The molecular formula is C22H31Cl2N3O2. The molecule has 4 rings (SSSR count). The van der Waals surface area contributed by atoms with Crippen LogP contribution in [0.1, 0.15) is 31.7 Å². The van der Waals surface area contributed by atoms with Crippen molar-refractivity contribution in [3.05, 3.63) is 33.8 Å². The van der Waals surface area contributed by atoms with Crippen molar-refractivity contribution in [2.75, 3.05) is 45.9 Å². The van der Waals surface area contributed by atoms with Crippen LogP contribution in [0.25, 0.3) is 0 Å². The topological polar surface area (TPSA) is 36.0 Å². The van der Waals surface area contributed by atoms with Gasteiger partial charge in [-0.2, -0.15) is 0 Å². The Kier molecular flexibility index (Phi) is 7.02. The minimum atomic E-state index is 0.181. The molecule has 1 amide bonds. The highest BCUT2D eigenvalue weighted by Crippen LogP contribution is 2.30. The van der Waals surface area contributed by atoms with Crippen LogP contribution in [0.4, 0.5) is 0 Å². The van der Waals surface area contributed by atoms with Gasteiger partial charge in [-0.05, 0) is 56.6 Å². The summed E-state index contributed by atoms with van der Waals surface area (Å²) in [6.07, 6.45) is 3.96. The van der Waals surface area contributed by atoms with E-state index in [-0.39, 0.29) is 24.0 Å². The van der Waals surface area contributed by atoms with Crippen molar-refractivity contribution in [1.29, 1.82) is 0 Å². The molecule has 3 saturated heterocycles. The molecule has 7 heteroatoms. The molecule has 1 aromatic rings. The molecule has 0 spiro atoms. The summed E-state index contributed by atoms with van der Waals surface area (Å²) >= 11 is 12.2. The van der Waals surface area contributed by atoms with Crippen LogP contribution in [0.15, 0.2) is 18.2 Å². The Hall–Kier alpha value is -0.850. The number of piperazine rings is 1. The van der Waals surface area contributed by atoms with E-state index in [0.717, 1.165) is 51.3 Å². The lowest BCUT2D eigenvalue weighted by Gasteiger charge is -2.54. The molecule has 5 nitrogen and oxygen atoms in total. The molecule has 0 bridgehead atoms. The van der Waals surface area contributed by atoms with Gasteiger partial charge in [-0.15, -0.1) is 0 Å². The van der Waals surface area contributed by atoms with E-state index >= 15 is 0 Å². The number of carbonyl (C=O) groups is 1. The Bertz CT molecular complexity index is 726. The van der Waals surface area contributed by atoms with Gasteiger partial charge in [0.2, 0.25) is 5.91 Å². The fourth-order valence-corrected chi connectivity index (χ4v) is 5.55. The Morgan fingerprint density at radius 2 is 1.83 bits per heavy atom. The number of carbonyl (C=O) groups excluding carboxylic acids is 1. The predicted octanol–water partition coefficient (Wildman–Crippen LogP) is 3.32. The van der Waals surface area contributed by atoms with E-state index in [4.69, 9.17) is 27.9 Å². The SMILES string of the molecule is CCCN1CCN(C(=O)Cc2ccc(Cl)c(Cl)c2)[C@@H]2C(N3CCCC3)COCC21. The molecule has 0 aromatic heterocycles. The summed E-state index contributed by atoms with van der Waals surface area (Å²) in [5.74, 6) is 0.181. The molecule has 1 aromatic carbocycles. The smallest absolute Gasteiger partial charge is 0.227 e. The van der Waals surface area contributed by atoms with Crippen molar-refractivity contribution in [1.82, 2.24) is 14.7 Å². The van der Waals surface area contributed by atoms with Crippen LogP contribution in [0, 0.1) is 0 Å². The number of hydrogen-bond donors (Lipinski definition) is 0. The highest BCUT2D eigenvalue weighted by atomic mass is 35.5. The molecule has 3 fully saturated rings. The first-order valence-corrected chi connectivity index (χ1v) is 11.6. The van der Waals surface area contributed by atoms with Gasteiger partial charge in [0, 0.05) is 13.1 Å². The lowest BCUT2D eigenvalue weighted by Crippen LogP contribution is -2.71. The van der Waals surface area contributed by atoms with Gasteiger partial charge >= 0.3 is 0 Å². The second kappa shape index (κ2) is 9.52. The number of benzene rings is 1. The van der Waals surface area contributed by atoms with Crippen LogP contribution in [0.5, 0.6) is 0 Å². The van der Waals surface area contributed by atoms with E-state index in [0.29, 0.717) is 23.1 Å². The second-order valence-electron chi connectivity index (χ2n) is 8.45. The molecule has 3 aliphatic rings. The number of rotatable bonds is 5. The van der Waals surface area contributed by atoms with Crippen molar-refractivity contribution < 1.29 is 9.53 Å². The molecule has 3 heterocycles. The average molecular weight is 440 g/mol. The van der Waals surface area contributed by atoms with E-state index in [1.165, 1.54) is 12.8 Å². The van der Waals surface area contributed by atoms with E-state index in [1.807, 2.05) is 12.1 Å². The number of ether oxygens (including phenoxy) is 1. The van der Waals surface area contributed by atoms with Crippen molar-refractivity contribution >= 4 is 29.1 Å². The van der Waals surface area contributed by atoms with E-state index in [9.17, 15) is 4.79 Å². The zero-order valence-corrected chi connectivity index (χ0v) is 18.7. The van der Waals surface area contributed by atoms with Crippen molar-refractivity contribution in [2.45, 2.75) is 50.7 Å². The second-order valence-corrected chi connectivity index (χ2v) is 9.27. The van der Waals surface area contributed by atoms with Gasteiger partial charge in [0.1, 0.15) is 0 Å². The Labute approximate surface area is 183 Å². The maximum atomic E-state index is 13.4. The lowest BCUT2D eigenvalue weighted by atomic mass is 9.90. The summed E-state index contributed by atoms with van der Waals surface area (Å²) in [4.78, 5) is 20.6. The zero-order valence-electron chi connectivity index (χ0n) is 17.2. The van der Waals surface area contributed by atoms with Crippen LogP contribution in [-0.4, -0.2) is 84.7 Å². The molecule has 3 aliphatic heterocycles. The minimum Gasteiger partial charge on any atom is -0.378 e. The molecule has 0 saturated carbocycles. The average Bonchev–Trinajstić information content (AvgIpc) is 3.25. The number of likely N-dealkylation sites (tertiary alicyclic amines) is 1. The molecule has 3 atom stereocenters. The number of amides is 1. The van der Waals surface area contributed by atoms with Crippen molar-refractivity contribution in [2.24, 2.45) is 0 Å². The Balaban J connectivity index is 1.56. The van der Waals surface area contributed by atoms with Crippen LogP contribution in [0.3, 0.4) is 0 Å². The molecule has 2 unspecified atom stereocenters. The highest BCUT2D eigenvalue weighted by Gasteiger charge is 2.47. The van der Waals surface area contributed by atoms with Crippen molar-refractivity contribution in [3.63, 3.8) is 0 Å². The molecular weight excluding hydrogens is 409 g/mol. The summed E-state index contributed by atoms with van der Waals surface area (Å²) in [6.45, 7) is 8.64. The third-order valence-corrected chi connectivity index (χ3v) is 7.34. The summed E-state index contributed by atoms with van der Waals surface area (Å²) in [7, 11) is 0. The molecule has 160 valence electrons. The van der Waals surface area contributed by atoms with Crippen LogP contribution < -0.4 is 0 Å². The fraction of sp³-hybridized carbons (Fsp3) is 0.682. The third-order valence-electron chi connectivity index (χ3n) is 6.60. The summed E-state index contributed by atoms with van der Waals surface area (Å²) in [6, 6.07) is 6.25. The van der Waals surface area contributed by atoms with Crippen molar-refractivity contribution in [3.8, 4) is 0 Å². The largest absolute Gasteiger partial charge is 0.378 e. The third kappa shape index (κ3) is 4.59. The summed E-state index contributed by atoms with van der Waals surface area (Å²) in [5, 5.41) is 1.03. The predicted molar refractivity (Wildman–Crippen MR) is 117 cm³/mol. The van der Waals surface area contributed by atoms with Gasteiger partial charge in [0.05, 0.1) is 47.8 Å². The monoisotopic (exact) mass is 439 g/mol. The summed E-state index contributed by atoms with van der Waals surface area (Å²) < 4.78 is 6.06. The normalized spacial score (nSPS) is 28.5. The van der Waals surface area contributed by atoms with E-state index in [1.54, 1.807) is 6.07 Å². The Morgan fingerprint density at radius 3 is 2.55 bits per heavy atom.